The van der Waals surface area contributed by atoms with Gasteiger partial charge in [0.1, 0.15) is 5.41 Å². The quantitative estimate of drug-likeness (QED) is 0.924. The Balaban J connectivity index is 1.51. The average molecular weight is 293 g/mol. The molecule has 5 heteroatoms. The summed E-state index contributed by atoms with van der Waals surface area (Å²) in [5.74, 6) is -3.51. The first kappa shape index (κ1) is 13.2. The van der Waals surface area contributed by atoms with Gasteiger partial charge in [-0.05, 0) is 18.4 Å². The molecule has 2 heterocycles. The van der Waals surface area contributed by atoms with Crippen molar-refractivity contribution in [2.24, 2.45) is 5.41 Å². The predicted molar refractivity (Wildman–Crippen MR) is 72.1 cm³/mol. The first-order valence-corrected chi connectivity index (χ1v) is 7.31. The summed E-state index contributed by atoms with van der Waals surface area (Å²) < 4.78 is 33.3. The van der Waals surface area contributed by atoms with Gasteiger partial charge in [0, 0.05) is 18.4 Å². The van der Waals surface area contributed by atoms with E-state index < -0.39 is 23.7 Å². The Morgan fingerprint density at radius 2 is 1.95 bits per heavy atom. The smallest absolute Gasteiger partial charge is 0.268 e. The second kappa shape index (κ2) is 4.03. The summed E-state index contributed by atoms with van der Waals surface area (Å²) in [6.07, 6.45) is 1.78. The minimum absolute atomic E-state index is 0.0115. The van der Waals surface area contributed by atoms with Crippen molar-refractivity contribution in [1.29, 1.82) is 0 Å². The maximum absolute atomic E-state index is 13.9. The third-order valence-corrected chi connectivity index (χ3v) is 5.21. The molecule has 1 N–H and O–H groups in total. The zero-order valence-electron chi connectivity index (χ0n) is 11.6. The second-order valence-electron chi connectivity index (χ2n) is 6.68. The molecule has 0 spiro atoms. The summed E-state index contributed by atoms with van der Waals surface area (Å²) in [6.45, 7) is 1.07. The maximum Gasteiger partial charge on any atom is 0.268 e. The van der Waals surface area contributed by atoms with Crippen LogP contribution in [0.3, 0.4) is 0 Å². The number of hydrogen-bond donors (Lipinski definition) is 1. The molecule has 4 fully saturated rings. The van der Waals surface area contributed by atoms with Crippen LogP contribution < -0.4 is 5.32 Å². The van der Waals surface area contributed by atoms with E-state index in [1.54, 1.807) is 30.3 Å². The van der Waals surface area contributed by atoms with Crippen molar-refractivity contribution in [1.82, 2.24) is 5.32 Å². The molecule has 1 unspecified atom stereocenters. The molecule has 1 aromatic rings. The monoisotopic (exact) mass is 293 g/mol. The molecule has 4 aliphatic rings. The van der Waals surface area contributed by atoms with E-state index in [9.17, 15) is 13.6 Å². The number of nitrogens with one attached hydrogen (secondary N) is 1. The number of benzene rings is 1. The highest BCUT2D eigenvalue weighted by Crippen LogP contribution is 2.61. The van der Waals surface area contributed by atoms with Gasteiger partial charge in [-0.3, -0.25) is 4.79 Å². The molecule has 0 radical (unpaired) electrons. The summed E-state index contributed by atoms with van der Waals surface area (Å²) in [6, 6.07) is 8.37. The Kier molecular flexibility index (Phi) is 2.53. The van der Waals surface area contributed by atoms with E-state index in [2.05, 4.69) is 5.32 Å². The Hall–Kier alpha value is -1.49. The number of fused-ring (bicyclic) bond motifs is 1. The molecule has 0 aromatic heterocycles. The van der Waals surface area contributed by atoms with Crippen molar-refractivity contribution < 1.29 is 18.3 Å². The molecule has 2 bridgehead atoms. The van der Waals surface area contributed by atoms with Crippen molar-refractivity contribution in [3.05, 3.63) is 35.9 Å². The minimum Gasteiger partial charge on any atom is -0.378 e. The molecule has 2 aliphatic heterocycles. The number of alkyl halides is 2. The Morgan fingerprint density at radius 1 is 1.29 bits per heavy atom. The molecular weight excluding hydrogens is 276 g/mol. The molecule has 21 heavy (non-hydrogen) atoms. The third-order valence-electron chi connectivity index (χ3n) is 5.21. The molecule has 1 atom stereocenters. The topological polar surface area (TPSA) is 38.3 Å². The van der Waals surface area contributed by atoms with E-state index in [-0.39, 0.29) is 5.41 Å². The molecule has 2 saturated carbocycles. The summed E-state index contributed by atoms with van der Waals surface area (Å²) in [4.78, 5) is 12.4. The van der Waals surface area contributed by atoms with Gasteiger partial charge in [-0.15, -0.1) is 0 Å². The Morgan fingerprint density at radius 3 is 2.48 bits per heavy atom. The zero-order chi connectivity index (χ0) is 14.7. The summed E-state index contributed by atoms with van der Waals surface area (Å²) in [5.41, 5.74) is -1.28. The van der Waals surface area contributed by atoms with Crippen LogP contribution in [0.1, 0.15) is 24.8 Å². The van der Waals surface area contributed by atoms with Gasteiger partial charge < -0.3 is 10.1 Å². The van der Waals surface area contributed by atoms with Gasteiger partial charge in [0.15, 0.2) is 0 Å². The van der Waals surface area contributed by atoms with Crippen LogP contribution in [-0.2, 0) is 14.9 Å². The van der Waals surface area contributed by atoms with Gasteiger partial charge in [0.25, 0.3) is 5.92 Å². The average Bonchev–Trinajstić information content (AvgIpc) is 2.81. The molecule has 2 saturated heterocycles. The largest absolute Gasteiger partial charge is 0.378 e. The number of carbonyl (C=O) groups is 1. The van der Waals surface area contributed by atoms with Crippen molar-refractivity contribution in [3.8, 4) is 0 Å². The lowest BCUT2D eigenvalue weighted by Crippen LogP contribution is -2.47. The molecule has 1 amide bonds. The number of rotatable bonds is 4. The van der Waals surface area contributed by atoms with Gasteiger partial charge in [-0.25, -0.2) is 8.78 Å². The highest BCUT2D eigenvalue weighted by Gasteiger charge is 2.76. The normalized spacial score (nSPS) is 38.7. The second-order valence-corrected chi connectivity index (χ2v) is 6.68. The predicted octanol–water partition coefficient (Wildman–Crippen LogP) is 2.26. The summed E-state index contributed by atoms with van der Waals surface area (Å²) >= 11 is 0. The highest BCUT2D eigenvalue weighted by molar-refractivity contribution is 5.93. The van der Waals surface area contributed by atoms with Crippen molar-refractivity contribution in [2.45, 2.75) is 36.7 Å². The zero-order valence-corrected chi connectivity index (χ0v) is 11.6. The van der Waals surface area contributed by atoms with Gasteiger partial charge in [0.05, 0.1) is 12.7 Å². The minimum atomic E-state index is -2.95. The Labute approximate surface area is 121 Å². The molecule has 112 valence electrons. The van der Waals surface area contributed by atoms with Gasteiger partial charge in [-0.2, -0.15) is 0 Å². The number of hydrogen-bond acceptors (Lipinski definition) is 2. The van der Waals surface area contributed by atoms with Crippen LogP contribution in [0.25, 0.3) is 0 Å². The van der Waals surface area contributed by atoms with Crippen molar-refractivity contribution in [3.63, 3.8) is 0 Å². The van der Waals surface area contributed by atoms with Crippen LogP contribution in [0.2, 0.25) is 0 Å². The van der Waals surface area contributed by atoms with E-state index in [1.807, 2.05) is 0 Å². The molecule has 3 nitrogen and oxygen atoms in total. The van der Waals surface area contributed by atoms with E-state index in [0.29, 0.717) is 24.8 Å². The van der Waals surface area contributed by atoms with Crippen LogP contribution in [0.4, 0.5) is 8.78 Å². The maximum atomic E-state index is 13.9. The van der Waals surface area contributed by atoms with Crippen LogP contribution in [0.5, 0.6) is 0 Å². The number of amides is 1. The third kappa shape index (κ3) is 1.76. The van der Waals surface area contributed by atoms with Crippen LogP contribution in [0.15, 0.2) is 30.3 Å². The first-order valence-electron chi connectivity index (χ1n) is 7.31. The molecule has 2 aliphatic carbocycles. The van der Waals surface area contributed by atoms with E-state index in [0.717, 1.165) is 12.8 Å². The fourth-order valence-corrected chi connectivity index (χ4v) is 3.75. The number of halogens is 2. The molecule has 5 rings (SSSR count). The first-order chi connectivity index (χ1) is 9.98. The number of carbonyl (C=O) groups excluding carboxylic acids is 1. The van der Waals surface area contributed by atoms with E-state index >= 15 is 0 Å². The standard InChI is InChI=1S/C16H17F2NO2/c17-16(18)8-15(16,11-4-2-1-3-5-11)13(20)19-9-14-6-12(7-14)21-10-14/h1-5,12H,6-10H2,(H,19,20). The van der Waals surface area contributed by atoms with Crippen molar-refractivity contribution in [2.75, 3.05) is 13.2 Å². The van der Waals surface area contributed by atoms with Gasteiger partial charge in [-0.1, -0.05) is 30.3 Å². The lowest BCUT2D eigenvalue weighted by molar-refractivity contribution is -0.126. The van der Waals surface area contributed by atoms with Crippen LogP contribution >= 0.6 is 0 Å². The van der Waals surface area contributed by atoms with E-state index in [1.165, 1.54) is 0 Å². The van der Waals surface area contributed by atoms with Crippen molar-refractivity contribution >= 4 is 5.91 Å². The lowest BCUT2D eigenvalue weighted by atomic mass is 9.70. The Bertz CT molecular complexity index is 578. The van der Waals surface area contributed by atoms with Crippen LogP contribution in [0, 0.1) is 5.41 Å². The molecule has 1 aromatic carbocycles. The SMILES string of the molecule is O=C(NCC12COC(C1)C2)C1(c2ccccc2)CC1(F)F. The molecular formula is C16H17F2NO2. The lowest BCUT2D eigenvalue weighted by Gasteiger charge is -2.35. The fourth-order valence-electron chi connectivity index (χ4n) is 3.75. The summed E-state index contributed by atoms with van der Waals surface area (Å²) in [7, 11) is 0. The van der Waals surface area contributed by atoms with Gasteiger partial charge in [0.2, 0.25) is 5.91 Å². The van der Waals surface area contributed by atoms with Gasteiger partial charge >= 0.3 is 0 Å². The fraction of sp³-hybridized carbons (Fsp3) is 0.562. The summed E-state index contributed by atoms with van der Waals surface area (Å²) in [5, 5.41) is 2.76. The number of ether oxygens (including phenoxy) is 1. The highest BCUT2D eigenvalue weighted by atomic mass is 19.3. The van der Waals surface area contributed by atoms with E-state index in [4.69, 9.17) is 4.74 Å². The van der Waals surface area contributed by atoms with Crippen LogP contribution in [-0.4, -0.2) is 31.1 Å².